The van der Waals surface area contributed by atoms with Gasteiger partial charge in [-0.25, -0.2) is 0 Å². The first-order valence-corrected chi connectivity index (χ1v) is 5.57. The van der Waals surface area contributed by atoms with Gasteiger partial charge in [-0.3, -0.25) is 0 Å². The molecule has 1 rings (SSSR count). The zero-order chi connectivity index (χ0) is 9.03. The summed E-state index contributed by atoms with van der Waals surface area (Å²) in [6, 6.07) is 0. The van der Waals surface area contributed by atoms with Crippen molar-refractivity contribution in [2.75, 3.05) is 11.5 Å². The van der Waals surface area contributed by atoms with Gasteiger partial charge >= 0.3 is 0 Å². The van der Waals surface area contributed by atoms with Gasteiger partial charge in [-0.15, -0.1) is 6.58 Å². The molecular weight excluding hydrogens is 168 g/mol. The number of thioether (sulfide) groups is 1. The van der Waals surface area contributed by atoms with E-state index in [4.69, 9.17) is 0 Å². The molecule has 1 fully saturated rings. The Kier molecular flexibility index (Phi) is 3.39. The summed E-state index contributed by atoms with van der Waals surface area (Å²) in [5.74, 6) is 2.57. The molecule has 0 aromatic heterocycles. The van der Waals surface area contributed by atoms with Crippen LogP contribution in [0.1, 0.15) is 19.8 Å². The highest BCUT2D eigenvalue weighted by Crippen LogP contribution is 2.39. The zero-order valence-corrected chi connectivity index (χ0v) is 8.40. The molecule has 0 bridgehead atoms. The average Bonchev–Trinajstić information content (AvgIpc) is 2.17. The monoisotopic (exact) mass is 184 g/mol. The lowest BCUT2D eigenvalue weighted by Gasteiger charge is -2.35. The Hall–Kier alpha value is -0.240. The van der Waals surface area contributed by atoms with Crippen LogP contribution >= 0.6 is 11.8 Å². The number of carbonyl (C=O) groups is 1. The maximum absolute atomic E-state index is 11.0. The van der Waals surface area contributed by atoms with Gasteiger partial charge in [0.05, 0.1) is 0 Å². The molecule has 12 heavy (non-hydrogen) atoms. The molecule has 1 nitrogen and oxygen atoms in total. The Labute approximate surface area is 78.6 Å². The van der Waals surface area contributed by atoms with E-state index in [9.17, 15) is 4.79 Å². The van der Waals surface area contributed by atoms with E-state index >= 15 is 0 Å². The lowest BCUT2D eigenvalue weighted by Crippen LogP contribution is -2.33. The molecule has 0 radical (unpaired) electrons. The molecule has 0 amide bonds. The van der Waals surface area contributed by atoms with E-state index in [1.165, 1.54) is 0 Å². The maximum Gasteiger partial charge on any atom is 0.126 e. The number of allylic oxidation sites excluding steroid dienone is 1. The van der Waals surface area contributed by atoms with E-state index in [2.05, 4.69) is 13.5 Å². The van der Waals surface area contributed by atoms with Crippen molar-refractivity contribution >= 4 is 18.0 Å². The maximum atomic E-state index is 11.0. The normalized spacial score (nSPS) is 24.4. The Balaban J connectivity index is 2.71. The summed E-state index contributed by atoms with van der Waals surface area (Å²) < 4.78 is 0. The Morgan fingerprint density at radius 3 is 2.50 bits per heavy atom. The zero-order valence-electron chi connectivity index (χ0n) is 7.58. The number of rotatable bonds is 3. The number of aldehydes is 1. The van der Waals surface area contributed by atoms with E-state index < -0.39 is 0 Å². The third kappa shape index (κ3) is 1.74. The number of carbonyl (C=O) groups excluding carboxylic acids is 1. The molecule has 1 unspecified atom stereocenters. The van der Waals surface area contributed by atoms with Crippen LogP contribution in [0.5, 0.6) is 0 Å². The van der Waals surface area contributed by atoms with E-state index in [1.54, 1.807) is 0 Å². The van der Waals surface area contributed by atoms with Gasteiger partial charge in [0.1, 0.15) is 6.29 Å². The molecule has 1 aliphatic rings. The SMILES string of the molecule is C=CC(C)C1(C=O)CCSCC1. The fourth-order valence-electron chi connectivity index (χ4n) is 1.67. The Bertz CT molecular complexity index is 171. The summed E-state index contributed by atoms with van der Waals surface area (Å²) in [5.41, 5.74) is -0.0903. The molecule has 68 valence electrons. The van der Waals surface area contributed by atoms with Crippen LogP contribution in [-0.2, 0) is 4.79 Å². The highest BCUT2D eigenvalue weighted by atomic mass is 32.2. The summed E-state index contributed by atoms with van der Waals surface area (Å²) in [7, 11) is 0. The van der Waals surface area contributed by atoms with Gasteiger partial charge in [0, 0.05) is 5.41 Å². The molecule has 0 aromatic carbocycles. The second-order valence-corrected chi connectivity index (χ2v) is 4.71. The predicted molar refractivity (Wildman–Crippen MR) is 54.4 cm³/mol. The van der Waals surface area contributed by atoms with Crippen LogP contribution in [0.2, 0.25) is 0 Å². The molecule has 0 aliphatic carbocycles. The summed E-state index contributed by atoms with van der Waals surface area (Å²) in [4.78, 5) is 11.0. The number of hydrogen-bond acceptors (Lipinski definition) is 2. The topological polar surface area (TPSA) is 17.1 Å². The van der Waals surface area contributed by atoms with Crippen LogP contribution in [0.25, 0.3) is 0 Å². The lowest BCUT2D eigenvalue weighted by molar-refractivity contribution is -0.118. The average molecular weight is 184 g/mol. The standard InChI is InChI=1S/C10H16OS/c1-3-9(2)10(8-11)4-6-12-7-5-10/h3,8-9H,1,4-7H2,2H3. The fraction of sp³-hybridized carbons (Fsp3) is 0.700. The minimum Gasteiger partial charge on any atom is -0.303 e. The first-order valence-electron chi connectivity index (χ1n) is 4.42. The molecule has 0 N–H and O–H groups in total. The highest BCUT2D eigenvalue weighted by molar-refractivity contribution is 7.99. The van der Waals surface area contributed by atoms with Crippen LogP contribution in [0.15, 0.2) is 12.7 Å². The van der Waals surface area contributed by atoms with E-state index in [1.807, 2.05) is 17.8 Å². The molecule has 1 heterocycles. The molecule has 1 saturated heterocycles. The van der Waals surface area contributed by atoms with E-state index in [-0.39, 0.29) is 5.41 Å². The van der Waals surface area contributed by atoms with Crippen LogP contribution in [-0.4, -0.2) is 17.8 Å². The summed E-state index contributed by atoms with van der Waals surface area (Å²) in [6.07, 6.45) is 5.10. The molecule has 0 saturated carbocycles. The van der Waals surface area contributed by atoms with E-state index in [0.717, 1.165) is 30.6 Å². The summed E-state index contributed by atoms with van der Waals surface area (Å²) in [6.45, 7) is 5.86. The quantitative estimate of drug-likeness (QED) is 0.495. The van der Waals surface area contributed by atoms with Crippen LogP contribution in [0, 0.1) is 11.3 Å². The van der Waals surface area contributed by atoms with Crippen molar-refractivity contribution in [1.29, 1.82) is 0 Å². The molecule has 0 aromatic rings. The van der Waals surface area contributed by atoms with Crippen LogP contribution < -0.4 is 0 Å². The highest BCUT2D eigenvalue weighted by Gasteiger charge is 2.35. The molecule has 1 atom stereocenters. The van der Waals surface area contributed by atoms with Crippen LogP contribution in [0.3, 0.4) is 0 Å². The smallest absolute Gasteiger partial charge is 0.126 e. The van der Waals surface area contributed by atoms with Gasteiger partial charge in [-0.2, -0.15) is 11.8 Å². The third-order valence-electron chi connectivity index (χ3n) is 2.92. The van der Waals surface area contributed by atoms with Crippen molar-refractivity contribution in [3.63, 3.8) is 0 Å². The van der Waals surface area contributed by atoms with Crippen molar-refractivity contribution in [3.8, 4) is 0 Å². The van der Waals surface area contributed by atoms with Gasteiger partial charge in [0.25, 0.3) is 0 Å². The van der Waals surface area contributed by atoms with Crippen molar-refractivity contribution in [1.82, 2.24) is 0 Å². The first-order chi connectivity index (χ1) is 5.75. The Morgan fingerprint density at radius 2 is 2.08 bits per heavy atom. The van der Waals surface area contributed by atoms with Crippen molar-refractivity contribution < 1.29 is 4.79 Å². The molecule has 1 aliphatic heterocycles. The molecule has 0 spiro atoms. The molecule has 2 heteroatoms. The van der Waals surface area contributed by atoms with E-state index in [0.29, 0.717) is 5.92 Å². The lowest BCUT2D eigenvalue weighted by atomic mass is 9.73. The second kappa shape index (κ2) is 4.13. The minimum atomic E-state index is -0.0903. The van der Waals surface area contributed by atoms with Gasteiger partial charge in [-0.1, -0.05) is 13.0 Å². The number of hydrogen-bond donors (Lipinski definition) is 0. The van der Waals surface area contributed by atoms with Crippen molar-refractivity contribution in [2.24, 2.45) is 11.3 Å². The third-order valence-corrected chi connectivity index (χ3v) is 3.90. The van der Waals surface area contributed by atoms with Gasteiger partial charge < -0.3 is 4.79 Å². The molecular formula is C10H16OS. The largest absolute Gasteiger partial charge is 0.303 e. The van der Waals surface area contributed by atoms with Gasteiger partial charge in [-0.05, 0) is 30.3 Å². The summed E-state index contributed by atoms with van der Waals surface area (Å²) in [5, 5.41) is 0. The summed E-state index contributed by atoms with van der Waals surface area (Å²) >= 11 is 1.95. The van der Waals surface area contributed by atoms with Gasteiger partial charge in [0.15, 0.2) is 0 Å². The second-order valence-electron chi connectivity index (χ2n) is 3.49. The van der Waals surface area contributed by atoms with Crippen molar-refractivity contribution in [2.45, 2.75) is 19.8 Å². The van der Waals surface area contributed by atoms with Crippen LogP contribution in [0.4, 0.5) is 0 Å². The Morgan fingerprint density at radius 1 is 1.50 bits per heavy atom. The first kappa shape index (κ1) is 9.85. The fourth-order valence-corrected chi connectivity index (χ4v) is 2.92. The minimum absolute atomic E-state index is 0.0903. The van der Waals surface area contributed by atoms with Gasteiger partial charge in [0.2, 0.25) is 0 Å². The predicted octanol–water partition coefficient (Wildman–Crippen LogP) is 2.52. The van der Waals surface area contributed by atoms with Crippen molar-refractivity contribution in [3.05, 3.63) is 12.7 Å².